The number of pyridine rings is 1. The van der Waals surface area contributed by atoms with Crippen LogP contribution in [0, 0.1) is 0 Å². The second-order valence-corrected chi connectivity index (χ2v) is 6.45. The first-order valence-electron chi connectivity index (χ1n) is 7.76. The van der Waals surface area contributed by atoms with Crippen molar-refractivity contribution in [1.29, 1.82) is 0 Å². The van der Waals surface area contributed by atoms with Gasteiger partial charge in [-0.3, -0.25) is 4.98 Å². The van der Waals surface area contributed by atoms with Crippen molar-refractivity contribution in [3.8, 4) is 0 Å². The van der Waals surface area contributed by atoms with Crippen LogP contribution in [-0.4, -0.2) is 11.5 Å². The third-order valence-electron chi connectivity index (χ3n) is 3.88. The molecule has 25 heavy (non-hydrogen) atoms. The number of alkyl halides is 3. The fourth-order valence-corrected chi connectivity index (χ4v) is 3.62. The molecular formula is C18H18ClF3N2S. The van der Waals surface area contributed by atoms with Crippen molar-refractivity contribution in [1.82, 2.24) is 4.98 Å². The maximum Gasteiger partial charge on any atom is 0.416 e. The average Bonchev–Trinajstić information content (AvgIpc) is 2.99. The molecule has 0 aliphatic rings. The van der Waals surface area contributed by atoms with Gasteiger partial charge in [-0.05, 0) is 30.7 Å². The molecule has 0 saturated carbocycles. The summed E-state index contributed by atoms with van der Waals surface area (Å²) in [6.07, 6.45) is 1.18. The molecule has 0 saturated heterocycles. The lowest BCUT2D eigenvalue weighted by molar-refractivity contribution is -0.137. The van der Waals surface area contributed by atoms with Crippen molar-refractivity contribution in [3.05, 3.63) is 53.7 Å². The number of hydrogen-bond acceptors (Lipinski definition) is 3. The van der Waals surface area contributed by atoms with Gasteiger partial charge in [0, 0.05) is 40.1 Å². The summed E-state index contributed by atoms with van der Waals surface area (Å²) in [5, 5.41) is 2.78. The lowest BCUT2D eigenvalue weighted by Crippen LogP contribution is -2.17. The van der Waals surface area contributed by atoms with E-state index in [4.69, 9.17) is 0 Å². The third kappa shape index (κ3) is 4.25. The predicted octanol–water partition coefficient (Wildman–Crippen LogP) is 6.68. The number of nitrogens with zero attached hydrogens (tertiary/aromatic N) is 2. The van der Waals surface area contributed by atoms with Gasteiger partial charge in [0.15, 0.2) is 0 Å². The van der Waals surface area contributed by atoms with Crippen LogP contribution in [0.15, 0.2) is 48.1 Å². The van der Waals surface area contributed by atoms with Crippen LogP contribution in [0.1, 0.15) is 25.3 Å². The summed E-state index contributed by atoms with van der Waals surface area (Å²) >= 11 is 1.34. The zero-order valence-corrected chi connectivity index (χ0v) is 15.2. The van der Waals surface area contributed by atoms with Crippen LogP contribution in [0.25, 0.3) is 10.1 Å². The first kappa shape index (κ1) is 19.5. The lowest BCUT2D eigenvalue weighted by Gasteiger charge is -2.24. The van der Waals surface area contributed by atoms with E-state index in [2.05, 4.69) is 16.8 Å². The lowest BCUT2D eigenvalue weighted by atomic mass is 10.1. The Hall–Kier alpha value is -1.79. The Morgan fingerprint density at radius 3 is 2.48 bits per heavy atom. The van der Waals surface area contributed by atoms with Crippen molar-refractivity contribution in [3.63, 3.8) is 0 Å². The molecule has 0 radical (unpaired) electrons. The smallest absolute Gasteiger partial charge is 0.340 e. The second kappa shape index (κ2) is 8.06. The first-order chi connectivity index (χ1) is 11.5. The highest BCUT2D eigenvalue weighted by Gasteiger charge is 2.31. The summed E-state index contributed by atoms with van der Waals surface area (Å²) in [6.45, 7) is 2.93. The van der Waals surface area contributed by atoms with Gasteiger partial charge in [-0.15, -0.1) is 23.7 Å². The number of hydrogen-bond donors (Lipinski definition) is 0. The minimum absolute atomic E-state index is 0. The monoisotopic (exact) mass is 386 g/mol. The molecule has 2 heterocycles. The van der Waals surface area contributed by atoms with Crippen molar-refractivity contribution >= 4 is 45.2 Å². The van der Waals surface area contributed by atoms with E-state index in [-0.39, 0.29) is 12.4 Å². The number of halogens is 4. The van der Waals surface area contributed by atoms with Crippen molar-refractivity contribution in [2.24, 2.45) is 0 Å². The Morgan fingerprint density at radius 2 is 1.84 bits per heavy atom. The largest absolute Gasteiger partial charge is 0.416 e. The van der Waals surface area contributed by atoms with Gasteiger partial charge in [0.05, 0.1) is 11.3 Å². The number of rotatable bonds is 5. The Balaban J connectivity index is 0.00000225. The van der Waals surface area contributed by atoms with Gasteiger partial charge < -0.3 is 4.90 Å². The molecule has 0 unspecified atom stereocenters. The number of unbranched alkanes of at least 4 members (excludes halogenated alkanes) is 1. The topological polar surface area (TPSA) is 16.1 Å². The molecule has 0 fully saturated rings. The van der Waals surface area contributed by atoms with Crippen LogP contribution >= 0.6 is 23.7 Å². The van der Waals surface area contributed by atoms with Crippen LogP contribution < -0.4 is 4.90 Å². The molecule has 1 aromatic carbocycles. The summed E-state index contributed by atoms with van der Waals surface area (Å²) in [4.78, 5) is 6.19. The van der Waals surface area contributed by atoms with Gasteiger partial charge >= 0.3 is 6.18 Å². The number of fused-ring (bicyclic) bond motifs is 1. The Bertz CT molecular complexity index is 818. The minimum atomic E-state index is -4.31. The van der Waals surface area contributed by atoms with E-state index in [1.165, 1.54) is 17.4 Å². The molecular weight excluding hydrogens is 369 g/mol. The summed E-state index contributed by atoms with van der Waals surface area (Å²) < 4.78 is 39.3. The van der Waals surface area contributed by atoms with E-state index in [0.717, 1.165) is 42.2 Å². The molecule has 2 aromatic heterocycles. The van der Waals surface area contributed by atoms with Crippen molar-refractivity contribution in [2.45, 2.75) is 25.9 Å². The summed E-state index contributed by atoms with van der Waals surface area (Å²) in [6, 6.07) is 7.80. The van der Waals surface area contributed by atoms with Gasteiger partial charge in [-0.2, -0.15) is 13.2 Å². The molecule has 7 heteroatoms. The SMILES string of the molecule is CCCCN(c1ccncc1)c1csc2cc(C(F)(F)F)ccc12.Cl. The molecule has 3 rings (SSSR count). The molecule has 0 amide bonds. The number of thiophene rings is 1. The van der Waals surface area contributed by atoms with Gasteiger partial charge in [-0.25, -0.2) is 0 Å². The Kier molecular flexibility index (Phi) is 6.30. The van der Waals surface area contributed by atoms with Crippen LogP contribution in [-0.2, 0) is 6.18 Å². The Morgan fingerprint density at radius 1 is 1.12 bits per heavy atom. The zero-order valence-electron chi connectivity index (χ0n) is 13.6. The van der Waals surface area contributed by atoms with Crippen LogP contribution in [0.4, 0.5) is 24.5 Å². The molecule has 0 aliphatic heterocycles. The summed E-state index contributed by atoms with van der Waals surface area (Å²) in [5.74, 6) is 0. The van der Waals surface area contributed by atoms with Crippen LogP contribution in [0.5, 0.6) is 0 Å². The fourth-order valence-electron chi connectivity index (χ4n) is 2.63. The van der Waals surface area contributed by atoms with Gasteiger partial charge in [0.2, 0.25) is 0 Å². The average molecular weight is 387 g/mol. The molecule has 134 valence electrons. The molecule has 2 nitrogen and oxygen atoms in total. The van der Waals surface area contributed by atoms with Crippen molar-refractivity contribution < 1.29 is 13.2 Å². The maximum atomic E-state index is 12.9. The third-order valence-corrected chi connectivity index (χ3v) is 4.82. The molecule has 3 aromatic rings. The molecule has 0 aliphatic carbocycles. The number of aromatic nitrogens is 1. The van der Waals surface area contributed by atoms with E-state index >= 15 is 0 Å². The van der Waals surface area contributed by atoms with Gasteiger partial charge in [0.1, 0.15) is 0 Å². The highest BCUT2D eigenvalue weighted by Crippen LogP contribution is 2.40. The van der Waals surface area contributed by atoms with Crippen LogP contribution in [0.2, 0.25) is 0 Å². The number of anilines is 2. The fraction of sp³-hybridized carbons (Fsp3) is 0.278. The zero-order chi connectivity index (χ0) is 17.2. The summed E-state index contributed by atoms with van der Waals surface area (Å²) in [5.41, 5.74) is 1.34. The molecule has 0 spiro atoms. The standard InChI is InChI=1S/C18H17F3N2S.ClH/c1-2-3-10-23(14-6-8-22-9-7-14)16-12-24-17-11-13(18(19,20)21)4-5-15(16)17;/h4-9,11-12H,2-3,10H2,1H3;1H. The van der Waals surface area contributed by atoms with E-state index in [1.54, 1.807) is 18.5 Å². The highest BCUT2D eigenvalue weighted by molar-refractivity contribution is 7.17. The molecule has 0 atom stereocenters. The molecule has 0 N–H and O–H groups in total. The van der Waals surface area contributed by atoms with E-state index in [9.17, 15) is 13.2 Å². The number of benzene rings is 1. The second-order valence-electron chi connectivity index (χ2n) is 5.54. The summed E-state index contributed by atoms with van der Waals surface area (Å²) in [7, 11) is 0. The normalized spacial score (nSPS) is 11.4. The highest BCUT2D eigenvalue weighted by atomic mass is 35.5. The van der Waals surface area contributed by atoms with Gasteiger partial charge in [-0.1, -0.05) is 19.4 Å². The van der Waals surface area contributed by atoms with Crippen molar-refractivity contribution in [2.75, 3.05) is 11.4 Å². The van der Waals surface area contributed by atoms with E-state index < -0.39 is 11.7 Å². The maximum absolute atomic E-state index is 12.9. The van der Waals surface area contributed by atoms with E-state index in [0.29, 0.717) is 4.70 Å². The van der Waals surface area contributed by atoms with Gasteiger partial charge in [0.25, 0.3) is 0 Å². The molecule has 0 bridgehead atoms. The Labute approximate surface area is 154 Å². The first-order valence-corrected chi connectivity index (χ1v) is 8.64. The minimum Gasteiger partial charge on any atom is -0.340 e. The van der Waals surface area contributed by atoms with Crippen LogP contribution in [0.3, 0.4) is 0 Å². The van der Waals surface area contributed by atoms with E-state index in [1.807, 2.05) is 17.5 Å². The quantitative estimate of drug-likeness (QED) is 0.486. The predicted molar refractivity (Wildman–Crippen MR) is 100 cm³/mol.